The molecular weight excluding hydrogens is 228 g/mol. The van der Waals surface area contributed by atoms with E-state index in [1.165, 1.54) is 25.3 Å². The van der Waals surface area contributed by atoms with E-state index in [0.717, 1.165) is 0 Å². The van der Waals surface area contributed by atoms with Crippen LogP contribution in [0.15, 0.2) is 23.1 Å². The summed E-state index contributed by atoms with van der Waals surface area (Å²) in [7, 11) is 1.21. The highest BCUT2D eigenvalue weighted by Gasteiger charge is 2.12. The van der Waals surface area contributed by atoms with Crippen LogP contribution < -0.4 is 0 Å². The van der Waals surface area contributed by atoms with Crippen LogP contribution in [0.3, 0.4) is 0 Å². The molecule has 0 spiro atoms. The standard InChI is InChI=1S/C8H7ClO4S/c1-13-8(10)6-4-5(14(11)12)2-3-7(6)9/h2-4H,1H3,(H,11,12). The molecule has 0 radical (unpaired) electrons. The summed E-state index contributed by atoms with van der Waals surface area (Å²) in [5.74, 6) is -0.637. The smallest absolute Gasteiger partial charge is 0.339 e. The zero-order chi connectivity index (χ0) is 10.7. The van der Waals surface area contributed by atoms with Gasteiger partial charge in [-0.25, -0.2) is 9.00 Å². The van der Waals surface area contributed by atoms with Crippen molar-refractivity contribution >= 4 is 28.7 Å². The molecule has 1 N–H and O–H groups in total. The molecule has 0 aliphatic carbocycles. The maximum absolute atomic E-state index is 11.1. The summed E-state index contributed by atoms with van der Waals surface area (Å²) < 4.78 is 23.9. The molecule has 6 heteroatoms. The lowest BCUT2D eigenvalue weighted by Crippen LogP contribution is -2.03. The monoisotopic (exact) mass is 234 g/mol. The Morgan fingerprint density at radius 3 is 2.71 bits per heavy atom. The van der Waals surface area contributed by atoms with Crippen molar-refractivity contribution in [3.05, 3.63) is 28.8 Å². The maximum Gasteiger partial charge on any atom is 0.339 e. The Morgan fingerprint density at radius 2 is 2.21 bits per heavy atom. The Kier molecular flexibility index (Phi) is 3.62. The molecule has 0 aliphatic rings. The zero-order valence-electron chi connectivity index (χ0n) is 7.19. The van der Waals surface area contributed by atoms with Gasteiger partial charge < -0.3 is 9.29 Å². The summed E-state index contributed by atoms with van der Waals surface area (Å²) >= 11 is 3.56. The Balaban J connectivity index is 3.21. The van der Waals surface area contributed by atoms with Crippen molar-refractivity contribution in [1.82, 2.24) is 0 Å². The van der Waals surface area contributed by atoms with Crippen molar-refractivity contribution < 1.29 is 18.3 Å². The molecule has 1 aromatic rings. The van der Waals surface area contributed by atoms with Gasteiger partial charge in [-0.2, -0.15) is 0 Å². The summed E-state index contributed by atoms with van der Waals surface area (Å²) in [5.41, 5.74) is 0.0778. The van der Waals surface area contributed by atoms with Crippen LogP contribution in [-0.4, -0.2) is 21.8 Å². The highest BCUT2D eigenvalue weighted by Crippen LogP contribution is 2.19. The van der Waals surface area contributed by atoms with Gasteiger partial charge in [0, 0.05) is 0 Å². The molecule has 0 amide bonds. The van der Waals surface area contributed by atoms with Gasteiger partial charge in [-0.1, -0.05) is 11.6 Å². The molecular formula is C8H7ClO4S. The fraction of sp³-hybridized carbons (Fsp3) is 0.125. The molecule has 4 nitrogen and oxygen atoms in total. The second-order valence-corrected chi connectivity index (χ2v) is 3.76. The zero-order valence-corrected chi connectivity index (χ0v) is 8.76. The van der Waals surface area contributed by atoms with Gasteiger partial charge in [0.15, 0.2) is 11.1 Å². The first-order valence-electron chi connectivity index (χ1n) is 3.55. The number of rotatable bonds is 2. The molecule has 0 heterocycles. The van der Waals surface area contributed by atoms with E-state index in [9.17, 15) is 9.00 Å². The van der Waals surface area contributed by atoms with Gasteiger partial charge in [0.25, 0.3) is 0 Å². The molecule has 0 aromatic heterocycles. The van der Waals surface area contributed by atoms with Crippen molar-refractivity contribution in [1.29, 1.82) is 0 Å². The van der Waals surface area contributed by atoms with Crippen molar-refractivity contribution in [2.24, 2.45) is 0 Å². The van der Waals surface area contributed by atoms with E-state index in [1.807, 2.05) is 0 Å². The van der Waals surface area contributed by atoms with Crippen molar-refractivity contribution in [3.8, 4) is 0 Å². The van der Waals surface area contributed by atoms with Crippen molar-refractivity contribution in [2.45, 2.75) is 4.90 Å². The first-order valence-corrected chi connectivity index (χ1v) is 5.03. The quantitative estimate of drug-likeness (QED) is 0.625. The lowest BCUT2D eigenvalue weighted by atomic mass is 10.2. The van der Waals surface area contributed by atoms with E-state index in [4.69, 9.17) is 16.2 Å². The first kappa shape index (κ1) is 11.2. The molecule has 1 rings (SSSR count). The van der Waals surface area contributed by atoms with E-state index in [-0.39, 0.29) is 15.5 Å². The van der Waals surface area contributed by atoms with Crippen LogP contribution in [0.4, 0.5) is 0 Å². The van der Waals surface area contributed by atoms with Crippen molar-refractivity contribution in [3.63, 3.8) is 0 Å². The lowest BCUT2D eigenvalue weighted by Gasteiger charge is -2.03. The minimum absolute atomic E-state index is 0.0778. The lowest BCUT2D eigenvalue weighted by molar-refractivity contribution is 0.0600. The van der Waals surface area contributed by atoms with Crippen LogP contribution in [0.25, 0.3) is 0 Å². The molecule has 76 valence electrons. The average Bonchev–Trinajstić information content (AvgIpc) is 2.17. The van der Waals surface area contributed by atoms with Gasteiger partial charge >= 0.3 is 5.97 Å². The van der Waals surface area contributed by atoms with Gasteiger partial charge in [-0.15, -0.1) is 0 Å². The molecule has 0 aliphatic heterocycles. The van der Waals surface area contributed by atoms with Crippen molar-refractivity contribution in [2.75, 3.05) is 7.11 Å². The number of esters is 1. The SMILES string of the molecule is COC(=O)c1cc(S(=O)O)ccc1Cl. The summed E-state index contributed by atoms with van der Waals surface area (Å²) in [6, 6.07) is 3.96. The maximum atomic E-state index is 11.1. The van der Waals surface area contributed by atoms with E-state index in [0.29, 0.717) is 0 Å². The Bertz CT molecular complexity index is 391. The minimum atomic E-state index is -2.13. The van der Waals surface area contributed by atoms with Crippen LogP contribution in [0.1, 0.15) is 10.4 Å². The summed E-state index contributed by atoms with van der Waals surface area (Å²) in [4.78, 5) is 11.2. The number of methoxy groups -OCH3 is 1. The van der Waals surface area contributed by atoms with Gasteiger partial charge in [0.2, 0.25) is 0 Å². The first-order chi connectivity index (χ1) is 6.56. The second-order valence-electron chi connectivity index (χ2n) is 2.38. The van der Waals surface area contributed by atoms with Gasteiger partial charge in [0.1, 0.15) is 0 Å². The van der Waals surface area contributed by atoms with Crippen LogP contribution in [0.2, 0.25) is 5.02 Å². The molecule has 0 saturated carbocycles. The summed E-state index contributed by atoms with van der Waals surface area (Å²) in [6.07, 6.45) is 0. The molecule has 0 saturated heterocycles. The largest absolute Gasteiger partial charge is 0.465 e. The average molecular weight is 235 g/mol. The third kappa shape index (κ3) is 2.31. The third-order valence-corrected chi connectivity index (χ3v) is 2.53. The van der Waals surface area contributed by atoms with Crippen LogP contribution in [0, 0.1) is 0 Å². The predicted molar refractivity (Wildman–Crippen MR) is 51.8 cm³/mol. The topological polar surface area (TPSA) is 63.6 Å². The van der Waals surface area contributed by atoms with Crippen LogP contribution in [0.5, 0.6) is 0 Å². The van der Waals surface area contributed by atoms with E-state index < -0.39 is 17.0 Å². The molecule has 14 heavy (non-hydrogen) atoms. The van der Waals surface area contributed by atoms with Gasteiger partial charge in [-0.3, -0.25) is 0 Å². The van der Waals surface area contributed by atoms with E-state index in [2.05, 4.69) is 4.74 Å². The Morgan fingerprint density at radius 1 is 1.57 bits per heavy atom. The molecule has 0 fully saturated rings. The normalized spacial score (nSPS) is 12.2. The fourth-order valence-corrected chi connectivity index (χ4v) is 1.48. The highest BCUT2D eigenvalue weighted by molar-refractivity contribution is 7.79. The number of ether oxygens (including phenoxy) is 1. The number of benzene rings is 1. The number of halogens is 1. The number of carbonyl (C=O) groups excluding carboxylic acids is 1. The minimum Gasteiger partial charge on any atom is -0.465 e. The number of carbonyl (C=O) groups is 1. The third-order valence-electron chi connectivity index (χ3n) is 1.54. The van der Waals surface area contributed by atoms with Gasteiger partial charge in [0.05, 0.1) is 22.6 Å². The van der Waals surface area contributed by atoms with E-state index >= 15 is 0 Å². The molecule has 1 unspecified atom stereocenters. The Hall–Kier alpha value is -0.910. The molecule has 0 bridgehead atoms. The fourth-order valence-electron chi connectivity index (χ4n) is 0.879. The number of hydrogen-bond donors (Lipinski definition) is 1. The van der Waals surface area contributed by atoms with Crippen LogP contribution in [-0.2, 0) is 15.8 Å². The molecule has 1 atom stereocenters. The summed E-state index contributed by atoms with van der Waals surface area (Å²) in [5, 5.41) is 0.186. The van der Waals surface area contributed by atoms with Gasteiger partial charge in [-0.05, 0) is 18.2 Å². The summed E-state index contributed by atoms with van der Waals surface area (Å²) in [6.45, 7) is 0. The number of hydrogen-bond acceptors (Lipinski definition) is 3. The Labute approximate surface area is 88.1 Å². The molecule has 1 aromatic carbocycles. The van der Waals surface area contributed by atoms with Crippen LogP contribution >= 0.6 is 11.6 Å². The predicted octanol–water partition coefficient (Wildman–Crippen LogP) is 1.71. The highest BCUT2D eigenvalue weighted by atomic mass is 35.5. The second kappa shape index (κ2) is 4.54. The van der Waals surface area contributed by atoms with E-state index in [1.54, 1.807) is 0 Å².